The summed E-state index contributed by atoms with van der Waals surface area (Å²) < 4.78 is 2.42. The Labute approximate surface area is 89.0 Å². The van der Waals surface area contributed by atoms with Crippen LogP contribution in [-0.2, 0) is 0 Å². The van der Waals surface area contributed by atoms with Gasteiger partial charge in [-0.05, 0) is 53.6 Å². The van der Waals surface area contributed by atoms with Gasteiger partial charge in [0.05, 0.1) is 10.2 Å². The van der Waals surface area contributed by atoms with Crippen molar-refractivity contribution in [2.75, 3.05) is 0 Å². The van der Waals surface area contributed by atoms with Gasteiger partial charge in [-0.25, -0.2) is 4.98 Å². The van der Waals surface area contributed by atoms with Crippen LogP contribution in [-0.4, -0.2) is 4.98 Å². The molecule has 0 saturated heterocycles. The van der Waals surface area contributed by atoms with E-state index in [1.165, 1.54) is 15.8 Å². The Morgan fingerprint density at radius 2 is 2.08 bits per heavy atom. The Bertz CT molecular complexity index is 433. The molecule has 0 fully saturated rings. The lowest BCUT2D eigenvalue weighted by Crippen LogP contribution is -1.78. The molecule has 0 radical (unpaired) electrons. The monoisotopic (exact) mass is 289 g/mol. The number of hydrogen-bond acceptors (Lipinski definition) is 2. The normalized spacial score (nSPS) is 10.9. The largest absolute Gasteiger partial charge is 0.230 e. The van der Waals surface area contributed by atoms with Crippen LogP contribution in [0.1, 0.15) is 11.1 Å². The van der Waals surface area contributed by atoms with Crippen LogP contribution in [0.25, 0.3) is 10.2 Å². The summed E-state index contributed by atoms with van der Waals surface area (Å²) in [5.74, 6) is 0. The van der Waals surface area contributed by atoms with Gasteiger partial charge in [-0.15, -0.1) is 11.3 Å². The van der Waals surface area contributed by atoms with Crippen LogP contribution in [0.5, 0.6) is 0 Å². The molecule has 1 aromatic carbocycles. The number of rotatable bonds is 0. The summed E-state index contributed by atoms with van der Waals surface area (Å²) in [5, 5.41) is 0. The molecule has 0 N–H and O–H groups in total. The zero-order chi connectivity index (χ0) is 8.72. The highest BCUT2D eigenvalue weighted by molar-refractivity contribution is 14.1. The molecule has 0 unspecified atom stereocenters. The van der Waals surface area contributed by atoms with Gasteiger partial charge < -0.3 is 0 Å². The number of fused-ring (bicyclic) bond motifs is 1. The third-order valence-electron chi connectivity index (χ3n) is 1.80. The van der Waals surface area contributed by atoms with Gasteiger partial charge in [0.15, 0.2) is 3.01 Å². The maximum Gasteiger partial charge on any atom is 0.155 e. The number of aromatic nitrogens is 1. The predicted octanol–water partition coefficient (Wildman–Crippen LogP) is 3.52. The number of aryl methyl sites for hydroxylation is 2. The highest BCUT2D eigenvalue weighted by Crippen LogP contribution is 2.26. The first-order valence-corrected chi connectivity index (χ1v) is 5.59. The van der Waals surface area contributed by atoms with Crippen molar-refractivity contribution in [1.29, 1.82) is 0 Å². The minimum Gasteiger partial charge on any atom is -0.230 e. The van der Waals surface area contributed by atoms with Crippen molar-refractivity contribution in [1.82, 2.24) is 4.98 Å². The van der Waals surface area contributed by atoms with Crippen LogP contribution >= 0.6 is 33.9 Å². The molecule has 1 heterocycles. The average Bonchev–Trinajstić information content (AvgIpc) is 2.29. The number of thiazole rings is 1. The lowest BCUT2D eigenvalue weighted by molar-refractivity contribution is 1.37. The minimum atomic E-state index is 1.12. The molecule has 12 heavy (non-hydrogen) atoms. The molecular weight excluding hydrogens is 281 g/mol. The van der Waals surface area contributed by atoms with Gasteiger partial charge in [0, 0.05) is 0 Å². The van der Waals surface area contributed by atoms with Gasteiger partial charge in [0.1, 0.15) is 0 Å². The van der Waals surface area contributed by atoms with Crippen molar-refractivity contribution < 1.29 is 0 Å². The highest BCUT2D eigenvalue weighted by Gasteiger charge is 2.03. The quantitative estimate of drug-likeness (QED) is 0.676. The first-order valence-electron chi connectivity index (χ1n) is 3.70. The molecule has 1 aromatic heterocycles. The van der Waals surface area contributed by atoms with Crippen LogP contribution in [0, 0.1) is 16.9 Å². The summed E-state index contributed by atoms with van der Waals surface area (Å²) in [7, 11) is 0. The highest BCUT2D eigenvalue weighted by atomic mass is 127. The minimum absolute atomic E-state index is 1.12. The van der Waals surface area contributed by atoms with Gasteiger partial charge in [-0.3, -0.25) is 0 Å². The van der Waals surface area contributed by atoms with E-state index < -0.39 is 0 Å². The Kier molecular flexibility index (Phi) is 2.08. The zero-order valence-corrected chi connectivity index (χ0v) is 9.86. The number of halogens is 1. The third kappa shape index (κ3) is 1.35. The molecule has 0 aliphatic heterocycles. The molecule has 0 atom stereocenters. The van der Waals surface area contributed by atoms with E-state index >= 15 is 0 Å². The van der Waals surface area contributed by atoms with Crippen LogP contribution < -0.4 is 0 Å². The van der Waals surface area contributed by atoms with Crippen molar-refractivity contribution in [3.63, 3.8) is 0 Å². The fraction of sp³-hybridized carbons (Fsp3) is 0.222. The second-order valence-electron chi connectivity index (χ2n) is 2.90. The summed E-state index contributed by atoms with van der Waals surface area (Å²) in [4.78, 5) is 4.46. The number of benzene rings is 1. The molecule has 62 valence electrons. The summed E-state index contributed by atoms with van der Waals surface area (Å²) in [5.41, 5.74) is 3.76. The smallest absolute Gasteiger partial charge is 0.155 e. The van der Waals surface area contributed by atoms with E-state index in [0.717, 1.165) is 8.53 Å². The summed E-state index contributed by atoms with van der Waals surface area (Å²) >= 11 is 4.02. The molecule has 0 aliphatic carbocycles. The maximum absolute atomic E-state index is 4.46. The Balaban J connectivity index is 2.88. The van der Waals surface area contributed by atoms with Crippen LogP contribution in [0.3, 0.4) is 0 Å². The van der Waals surface area contributed by atoms with E-state index in [9.17, 15) is 0 Å². The van der Waals surface area contributed by atoms with Crippen molar-refractivity contribution in [3.8, 4) is 0 Å². The first-order chi connectivity index (χ1) is 5.66. The van der Waals surface area contributed by atoms with Gasteiger partial charge in [0.2, 0.25) is 0 Å². The second-order valence-corrected chi connectivity index (χ2v) is 5.68. The van der Waals surface area contributed by atoms with E-state index in [1.54, 1.807) is 11.3 Å². The third-order valence-corrected chi connectivity index (χ3v) is 3.50. The summed E-state index contributed by atoms with van der Waals surface area (Å²) in [6, 6.07) is 4.38. The first kappa shape index (κ1) is 8.44. The second kappa shape index (κ2) is 2.96. The molecular formula is C9H8INS. The molecule has 2 rings (SSSR count). The predicted molar refractivity (Wildman–Crippen MR) is 61.8 cm³/mol. The molecule has 0 saturated carbocycles. The van der Waals surface area contributed by atoms with Crippen molar-refractivity contribution in [2.45, 2.75) is 13.8 Å². The van der Waals surface area contributed by atoms with E-state index in [-0.39, 0.29) is 0 Å². The molecule has 0 spiro atoms. The molecule has 3 heteroatoms. The fourth-order valence-corrected chi connectivity index (χ4v) is 3.16. The van der Waals surface area contributed by atoms with Gasteiger partial charge >= 0.3 is 0 Å². The van der Waals surface area contributed by atoms with Crippen LogP contribution in [0.2, 0.25) is 0 Å². The lowest BCUT2D eigenvalue weighted by atomic mass is 10.1. The van der Waals surface area contributed by atoms with Crippen molar-refractivity contribution >= 4 is 44.1 Å². The standard InChI is InChI=1S/C9H8INS/c1-5-3-6(2)8-7(4-5)12-9(10)11-8/h3-4H,1-2H3. The topological polar surface area (TPSA) is 12.9 Å². The number of hydrogen-bond donors (Lipinski definition) is 0. The fourth-order valence-electron chi connectivity index (χ4n) is 1.34. The van der Waals surface area contributed by atoms with E-state index in [4.69, 9.17) is 0 Å². The average molecular weight is 289 g/mol. The van der Waals surface area contributed by atoms with Crippen molar-refractivity contribution in [2.24, 2.45) is 0 Å². The maximum atomic E-state index is 4.46. The summed E-state index contributed by atoms with van der Waals surface area (Å²) in [6.07, 6.45) is 0. The SMILES string of the molecule is Cc1cc(C)c2nc(I)sc2c1. The van der Waals surface area contributed by atoms with E-state index in [0.29, 0.717) is 0 Å². The van der Waals surface area contributed by atoms with E-state index in [1.807, 2.05) is 0 Å². The Morgan fingerprint density at radius 1 is 1.33 bits per heavy atom. The van der Waals surface area contributed by atoms with Crippen LogP contribution in [0.15, 0.2) is 12.1 Å². The zero-order valence-electron chi connectivity index (χ0n) is 6.89. The number of nitrogens with zero attached hydrogens (tertiary/aromatic N) is 1. The lowest BCUT2D eigenvalue weighted by Gasteiger charge is -1.95. The Morgan fingerprint density at radius 3 is 2.83 bits per heavy atom. The summed E-state index contributed by atoms with van der Waals surface area (Å²) in [6.45, 7) is 4.24. The molecule has 0 bridgehead atoms. The van der Waals surface area contributed by atoms with Gasteiger partial charge in [0.25, 0.3) is 0 Å². The molecule has 0 aliphatic rings. The Hall–Kier alpha value is -0.160. The van der Waals surface area contributed by atoms with E-state index in [2.05, 4.69) is 53.6 Å². The van der Waals surface area contributed by atoms with Crippen molar-refractivity contribution in [3.05, 3.63) is 26.3 Å². The van der Waals surface area contributed by atoms with Gasteiger partial charge in [-0.2, -0.15) is 0 Å². The molecule has 0 amide bonds. The molecule has 1 nitrogen and oxygen atoms in total. The van der Waals surface area contributed by atoms with Crippen LogP contribution in [0.4, 0.5) is 0 Å². The van der Waals surface area contributed by atoms with Gasteiger partial charge in [-0.1, -0.05) is 6.07 Å². The molecule has 2 aromatic rings.